The summed E-state index contributed by atoms with van der Waals surface area (Å²) >= 11 is 0. The first kappa shape index (κ1) is 16.5. The first-order chi connectivity index (χ1) is 8.41. The number of rotatable bonds is 12. The van der Waals surface area contributed by atoms with Gasteiger partial charge in [0.2, 0.25) is 0 Å². The monoisotopic (exact) mass is 235 g/mol. The smallest absolute Gasteiger partial charge is 0.0316 e. The summed E-state index contributed by atoms with van der Waals surface area (Å²) in [6.07, 6.45) is 23.5. The normalized spacial score (nSPS) is 11.9. The van der Waals surface area contributed by atoms with Gasteiger partial charge < -0.3 is 0 Å². The third kappa shape index (κ3) is 15.5. The van der Waals surface area contributed by atoms with Crippen LogP contribution in [0.2, 0.25) is 0 Å². The molecule has 0 heteroatoms. The molecule has 0 aromatic carbocycles. The summed E-state index contributed by atoms with van der Waals surface area (Å²) in [7, 11) is 0. The zero-order valence-corrected chi connectivity index (χ0v) is 11.8. The Labute approximate surface area is 109 Å². The maximum atomic E-state index is 3.87. The second-order valence-electron chi connectivity index (χ2n) is 4.73. The SMILES string of the molecule is [CH2]CCCCCCCCCC=CCCC=CC. The Morgan fingerprint density at radius 3 is 1.82 bits per heavy atom. The van der Waals surface area contributed by atoms with Gasteiger partial charge in [-0.15, -0.1) is 0 Å². The quantitative estimate of drug-likeness (QED) is 0.277. The fourth-order valence-electron chi connectivity index (χ4n) is 1.92. The lowest BCUT2D eigenvalue weighted by Gasteiger charge is -1.99. The highest BCUT2D eigenvalue weighted by Crippen LogP contribution is 2.09. The first-order valence-corrected chi connectivity index (χ1v) is 7.47. The zero-order valence-electron chi connectivity index (χ0n) is 11.8. The summed E-state index contributed by atoms with van der Waals surface area (Å²) in [5.74, 6) is 0. The van der Waals surface area contributed by atoms with Crippen LogP contribution < -0.4 is 0 Å². The largest absolute Gasteiger partial charge is 0.0917 e. The number of allylic oxidation sites excluding steroid dienone is 4. The lowest BCUT2D eigenvalue weighted by molar-refractivity contribution is 0.583. The average Bonchev–Trinajstić information content (AvgIpc) is 2.35. The summed E-state index contributed by atoms with van der Waals surface area (Å²) < 4.78 is 0. The van der Waals surface area contributed by atoms with Crippen molar-refractivity contribution in [1.82, 2.24) is 0 Å². The molecule has 0 saturated carbocycles. The van der Waals surface area contributed by atoms with E-state index in [0.29, 0.717) is 0 Å². The van der Waals surface area contributed by atoms with Crippen molar-refractivity contribution in [2.24, 2.45) is 0 Å². The Balaban J connectivity index is 3.02. The Morgan fingerprint density at radius 1 is 0.647 bits per heavy atom. The van der Waals surface area contributed by atoms with E-state index >= 15 is 0 Å². The second-order valence-corrected chi connectivity index (χ2v) is 4.73. The van der Waals surface area contributed by atoms with Crippen molar-refractivity contribution in [2.75, 3.05) is 0 Å². The van der Waals surface area contributed by atoms with Gasteiger partial charge in [-0.2, -0.15) is 0 Å². The van der Waals surface area contributed by atoms with Gasteiger partial charge in [0.25, 0.3) is 0 Å². The van der Waals surface area contributed by atoms with E-state index in [1.54, 1.807) is 0 Å². The van der Waals surface area contributed by atoms with Gasteiger partial charge in [0.15, 0.2) is 0 Å². The van der Waals surface area contributed by atoms with Crippen molar-refractivity contribution in [3.05, 3.63) is 31.2 Å². The highest BCUT2D eigenvalue weighted by molar-refractivity contribution is 4.86. The molecular weight excluding hydrogens is 204 g/mol. The van der Waals surface area contributed by atoms with E-state index < -0.39 is 0 Å². The molecule has 0 bridgehead atoms. The second kappa shape index (κ2) is 15.5. The molecule has 0 aliphatic heterocycles. The van der Waals surface area contributed by atoms with Crippen LogP contribution in [0.4, 0.5) is 0 Å². The van der Waals surface area contributed by atoms with Crippen LogP contribution in [0.1, 0.15) is 77.6 Å². The molecule has 0 amide bonds. The Kier molecular flexibility index (Phi) is 15.0. The van der Waals surface area contributed by atoms with Gasteiger partial charge in [-0.25, -0.2) is 0 Å². The van der Waals surface area contributed by atoms with Crippen molar-refractivity contribution in [3.8, 4) is 0 Å². The molecule has 0 N–H and O–H groups in total. The van der Waals surface area contributed by atoms with E-state index in [0.717, 1.165) is 6.42 Å². The van der Waals surface area contributed by atoms with Gasteiger partial charge >= 0.3 is 0 Å². The van der Waals surface area contributed by atoms with E-state index in [1.165, 1.54) is 64.2 Å². The van der Waals surface area contributed by atoms with Crippen LogP contribution in [0.25, 0.3) is 0 Å². The van der Waals surface area contributed by atoms with Crippen LogP contribution in [0, 0.1) is 6.92 Å². The van der Waals surface area contributed by atoms with Crippen molar-refractivity contribution in [3.63, 3.8) is 0 Å². The summed E-state index contributed by atoms with van der Waals surface area (Å²) in [5.41, 5.74) is 0. The summed E-state index contributed by atoms with van der Waals surface area (Å²) in [4.78, 5) is 0. The minimum Gasteiger partial charge on any atom is -0.0917 e. The van der Waals surface area contributed by atoms with Crippen LogP contribution >= 0.6 is 0 Å². The van der Waals surface area contributed by atoms with Gasteiger partial charge in [0.1, 0.15) is 0 Å². The summed E-state index contributed by atoms with van der Waals surface area (Å²) in [6.45, 7) is 5.95. The van der Waals surface area contributed by atoms with E-state index in [1.807, 2.05) is 0 Å². The summed E-state index contributed by atoms with van der Waals surface area (Å²) in [6, 6.07) is 0. The third-order valence-corrected chi connectivity index (χ3v) is 3.02. The molecule has 0 aromatic rings. The number of unbranched alkanes of at least 4 members (excludes halogenated alkanes) is 9. The molecule has 0 rings (SSSR count). The molecular formula is C17H31. The molecule has 0 aliphatic rings. The molecule has 0 aromatic heterocycles. The standard InChI is InChI=1S/C17H31/c1-3-5-7-9-11-13-15-17-16-14-12-10-8-6-4-2/h4,6,12,14H,1,3,5,7-11,13,15-17H2,2H3. The molecule has 0 aliphatic carbocycles. The fourth-order valence-corrected chi connectivity index (χ4v) is 1.92. The molecule has 1 radical (unpaired) electrons. The van der Waals surface area contributed by atoms with Gasteiger partial charge in [-0.1, -0.05) is 76.2 Å². The van der Waals surface area contributed by atoms with Crippen LogP contribution in [0.3, 0.4) is 0 Å². The van der Waals surface area contributed by atoms with Crippen molar-refractivity contribution >= 4 is 0 Å². The average molecular weight is 235 g/mol. The highest BCUT2D eigenvalue weighted by Gasteiger charge is 1.90. The lowest BCUT2D eigenvalue weighted by Crippen LogP contribution is -1.80. The molecule has 0 saturated heterocycles. The molecule has 17 heavy (non-hydrogen) atoms. The van der Waals surface area contributed by atoms with Crippen molar-refractivity contribution in [2.45, 2.75) is 77.6 Å². The van der Waals surface area contributed by atoms with Gasteiger partial charge in [-0.05, 0) is 32.6 Å². The minimum absolute atomic E-state index is 1.11. The van der Waals surface area contributed by atoms with Crippen LogP contribution in [-0.4, -0.2) is 0 Å². The highest BCUT2D eigenvalue weighted by atomic mass is 14.0. The number of hydrogen-bond donors (Lipinski definition) is 0. The fraction of sp³-hybridized carbons (Fsp3) is 0.706. The van der Waals surface area contributed by atoms with Crippen molar-refractivity contribution < 1.29 is 0 Å². The van der Waals surface area contributed by atoms with Gasteiger partial charge in [0, 0.05) is 0 Å². The van der Waals surface area contributed by atoms with E-state index in [-0.39, 0.29) is 0 Å². The van der Waals surface area contributed by atoms with Crippen LogP contribution in [0.15, 0.2) is 24.3 Å². The Morgan fingerprint density at radius 2 is 1.18 bits per heavy atom. The van der Waals surface area contributed by atoms with Crippen LogP contribution in [-0.2, 0) is 0 Å². The molecule has 0 fully saturated rings. The topological polar surface area (TPSA) is 0 Å². The molecule has 0 heterocycles. The maximum absolute atomic E-state index is 3.87. The number of hydrogen-bond acceptors (Lipinski definition) is 0. The Bertz CT molecular complexity index is 176. The molecule has 0 nitrogen and oxygen atoms in total. The van der Waals surface area contributed by atoms with Crippen LogP contribution in [0.5, 0.6) is 0 Å². The summed E-state index contributed by atoms with van der Waals surface area (Å²) in [5, 5.41) is 0. The molecule has 99 valence electrons. The predicted molar refractivity (Wildman–Crippen MR) is 80.1 cm³/mol. The van der Waals surface area contributed by atoms with Gasteiger partial charge in [0.05, 0.1) is 0 Å². The molecule has 0 unspecified atom stereocenters. The first-order valence-electron chi connectivity index (χ1n) is 7.47. The van der Waals surface area contributed by atoms with Gasteiger partial charge in [-0.3, -0.25) is 0 Å². The van der Waals surface area contributed by atoms with E-state index in [9.17, 15) is 0 Å². The molecule has 0 atom stereocenters. The molecule has 0 spiro atoms. The van der Waals surface area contributed by atoms with Crippen molar-refractivity contribution in [1.29, 1.82) is 0 Å². The lowest BCUT2D eigenvalue weighted by atomic mass is 10.1. The zero-order chi connectivity index (χ0) is 12.6. The predicted octanol–water partition coefficient (Wildman–Crippen LogP) is 6.24. The van der Waals surface area contributed by atoms with E-state index in [2.05, 4.69) is 38.2 Å². The third-order valence-electron chi connectivity index (χ3n) is 3.02. The minimum atomic E-state index is 1.11. The van der Waals surface area contributed by atoms with E-state index in [4.69, 9.17) is 0 Å². The Hall–Kier alpha value is -0.520. The maximum Gasteiger partial charge on any atom is -0.0316 e.